The second-order valence-electron chi connectivity index (χ2n) is 15.6. The smallest absolute Gasteiger partial charge is 0.136 e. The molecule has 0 aliphatic rings. The number of rotatable bonds is 7. The zero-order chi connectivity index (χ0) is 40.3. The Hall–Kier alpha value is -7.72. The average Bonchev–Trinajstić information content (AvgIpc) is 3.91. The van der Waals surface area contributed by atoms with E-state index in [1.807, 2.05) is 11.3 Å². The minimum Gasteiger partial charge on any atom is -0.456 e. The molecule has 0 N–H and O–H groups in total. The Balaban J connectivity index is 1.03. The van der Waals surface area contributed by atoms with Gasteiger partial charge in [0.15, 0.2) is 0 Å². The van der Waals surface area contributed by atoms with Crippen LogP contribution in [-0.4, -0.2) is 0 Å². The van der Waals surface area contributed by atoms with Crippen molar-refractivity contribution in [3.63, 3.8) is 0 Å². The summed E-state index contributed by atoms with van der Waals surface area (Å²) in [6.45, 7) is 0. The molecule has 10 aromatic carbocycles. The quantitative estimate of drug-likeness (QED) is 0.160. The van der Waals surface area contributed by atoms with Gasteiger partial charge in [0.2, 0.25) is 0 Å². The highest BCUT2D eigenvalue weighted by atomic mass is 32.1. The Bertz CT molecular complexity index is 3580. The van der Waals surface area contributed by atoms with Crippen molar-refractivity contribution in [1.29, 1.82) is 0 Å². The Morgan fingerprint density at radius 1 is 0.344 bits per heavy atom. The fourth-order valence-corrected chi connectivity index (χ4v) is 10.4. The van der Waals surface area contributed by atoms with E-state index in [1.54, 1.807) is 0 Å². The fraction of sp³-hybridized carbons (Fsp3) is 0. The highest BCUT2D eigenvalue weighted by Gasteiger charge is 2.22. The van der Waals surface area contributed by atoms with E-state index in [9.17, 15) is 0 Å². The van der Waals surface area contributed by atoms with Gasteiger partial charge < -0.3 is 9.32 Å². The second kappa shape index (κ2) is 14.5. The summed E-state index contributed by atoms with van der Waals surface area (Å²) >= 11 is 1.87. The zero-order valence-electron chi connectivity index (χ0n) is 33.1. The van der Waals surface area contributed by atoms with Gasteiger partial charge in [-0.1, -0.05) is 164 Å². The Kier molecular flexibility index (Phi) is 8.39. The van der Waals surface area contributed by atoms with Crippen LogP contribution in [0.15, 0.2) is 229 Å². The van der Waals surface area contributed by atoms with Gasteiger partial charge in [-0.25, -0.2) is 0 Å². The molecule has 0 atom stereocenters. The maximum atomic E-state index is 6.55. The van der Waals surface area contributed by atoms with Crippen LogP contribution in [0.25, 0.3) is 97.4 Å². The molecular weight excluding hydrogens is 759 g/mol. The first-order valence-corrected chi connectivity index (χ1v) is 21.6. The summed E-state index contributed by atoms with van der Waals surface area (Å²) in [5.41, 5.74) is 14.6. The third-order valence-electron chi connectivity index (χ3n) is 12.1. The number of benzene rings is 10. The molecule has 3 heteroatoms. The van der Waals surface area contributed by atoms with Crippen molar-refractivity contribution >= 4 is 81.3 Å². The molecular formula is C58H37NOS. The molecule has 2 aromatic heterocycles. The number of anilines is 3. The molecule has 0 amide bonds. The number of nitrogens with zero attached hydrogens (tertiary/aromatic N) is 1. The van der Waals surface area contributed by atoms with Crippen molar-refractivity contribution in [2.24, 2.45) is 0 Å². The standard InChI is InChI=1S/C58H37NOS/c1-3-13-38(14-4-1)43-27-31-50-52-37-46(30-34-54(52)60-55(50)36-43)59(53-33-32-49(41-15-5-2-6-16-41)58-57(53)51-22-9-10-24-56(51)61-58)45-28-25-39(26-29-45)42-19-11-20-44(35-42)48-23-12-18-40-17-7-8-21-47(40)48/h1-37H. The molecule has 0 aliphatic carbocycles. The number of hydrogen-bond acceptors (Lipinski definition) is 3. The molecule has 286 valence electrons. The van der Waals surface area contributed by atoms with Crippen molar-refractivity contribution in [3.05, 3.63) is 224 Å². The number of thiophene rings is 1. The summed E-state index contributed by atoms with van der Waals surface area (Å²) in [4.78, 5) is 2.43. The van der Waals surface area contributed by atoms with Crippen LogP contribution in [0, 0.1) is 0 Å². The predicted octanol–water partition coefficient (Wildman–Crippen LogP) is 17.2. The number of fused-ring (bicyclic) bond motifs is 7. The first-order chi connectivity index (χ1) is 30.2. The average molecular weight is 796 g/mol. The van der Waals surface area contributed by atoms with Gasteiger partial charge in [-0.15, -0.1) is 11.3 Å². The van der Waals surface area contributed by atoms with E-state index in [1.165, 1.54) is 69.9 Å². The van der Waals surface area contributed by atoms with Crippen molar-refractivity contribution < 1.29 is 4.42 Å². The zero-order valence-corrected chi connectivity index (χ0v) is 33.9. The van der Waals surface area contributed by atoms with Crippen molar-refractivity contribution in [1.82, 2.24) is 0 Å². The number of hydrogen-bond donors (Lipinski definition) is 0. The topological polar surface area (TPSA) is 16.4 Å². The Morgan fingerprint density at radius 2 is 0.984 bits per heavy atom. The van der Waals surface area contributed by atoms with E-state index in [4.69, 9.17) is 4.42 Å². The largest absolute Gasteiger partial charge is 0.456 e. The van der Waals surface area contributed by atoms with Gasteiger partial charge in [-0.3, -0.25) is 0 Å². The van der Waals surface area contributed by atoms with E-state index in [-0.39, 0.29) is 0 Å². The van der Waals surface area contributed by atoms with E-state index in [0.29, 0.717) is 0 Å². The molecule has 0 spiro atoms. The number of furan rings is 1. The molecule has 0 aliphatic heterocycles. The molecule has 0 bridgehead atoms. The molecule has 12 aromatic rings. The minimum atomic E-state index is 0.871. The third-order valence-corrected chi connectivity index (χ3v) is 13.3. The lowest BCUT2D eigenvalue weighted by molar-refractivity contribution is 0.669. The van der Waals surface area contributed by atoms with E-state index in [2.05, 4.69) is 229 Å². The molecule has 12 rings (SSSR count). The lowest BCUT2D eigenvalue weighted by Gasteiger charge is -2.27. The summed E-state index contributed by atoms with van der Waals surface area (Å²) < 4.78 is 9.10. The SMILES string of the molecule is c1ccc(-c2ccc3c(c2)oc2ccc(N(c4ccc(-c5cccc(-c6cccc7ccccc67)c5)cc4)c4ccc(-c5ccccc5)c5sc6ccccc6c45)cc23)cc1. The van der Waals surface area contributed by atoms with Crippen LogP contribution in [0.5, 0.6) is 0 Å². The minimum absolute atomic E-state index is 0.871. The highest BCUT2D eigenvalue weighted by molar-refractivity contribution is 7.26. The van der Waals surface area contributed by atoms with E-state index < -0.39 is 0 Å². The van der Waals surface area contributed by atoms with Crippen LogP contribution in [-0.2, 0) is 0 Å². The van der Waals surface area contributed by atoms with Gasteiger partial charge in [0, 0.05) is 42.3 Å². The van der Waals surface area contributed by atoms with Crippen LogP contribution >= 0.6 is 11.3 Å². The Morgan fingerprint density at radius 3 is 1.84 bits per heavy atom. The van der Waals surface area contributed by atoms with Crippen molar-refractivity contribution in [3.8, 4) is 44.5 Å². The second-order valence-corrected chi connectivity index (χ2v) is 16.7. The molecule has 0 saturated carbocycles. The summed E-state index contributed by atoms with van der Waals surface area (Å²) in [5.74, 6) is 0. The van der Waals surface area contributed by atoms with Gasteiger partial charge in [-0.2, -0.15) is 0 Å². The van der Waals surface area contributed by atoms with Gasteiger partial charge in [0.1, 0.15) is 11.2 Å². The maximum Gasteiger partial charge on any atom is 0.136 e. The first-order valence-electron chi connectivity index (χ1n) is 20.7. The first kappa shape index (κ1) is 35.2. The van der Waals surface area contributed by atoms with Gasteiger partial charge >= 0.3 is 0 Å². The van der Waals surface area contributed by atoms with Crippen molar-refractivity contribution in [2.45, 2.75) is 0 Å². The summed E-state index contributed by atoms with van der Waals surface area (Å²) in [7, 11) is 0. The van der Waals surface area contributed by atoms with Gasteiger partial charge in [0.05, 0.1) is 5.69 Å². The molecule has 0 saturated heterocycles. The van der Waals surface area contributed by atoms with Crippen LogP contribution in [0.4, 0.5) is 17.1 Å². The Labute approximate surface area is 357 Å². The lowest BCUT2D eigenvalue weighted by Crippen LogP contribution is -2.10. The van der Waals surface area contributed by atoms with Gasteiger partial charge in [0.25, 0.3) is 0 Å². The molecule has 2 heterocycles. The molecule has 2 nitrogen and oxygen atoms in total. The maximum absolute atomic E-state index is 6.55. The van der Waals surface area contributed by atoms with Crippen molar-refractivity contribution in [2.75, 3.05) is 4.90 Å². The summed E-state index contributed by atoms with van der Waals surface area (Å²) in [6, 6.07) is 81.1. The summed E-state index contributed by atoms with van der Waals surface area (Å²) in [6.07, 6.45) is 0. The predicted molar refractivity (Wildman–Crippen MR) is 261 cm³/mol. The normalized spacial score (nSPS) is 11.6. The fourth-order valence-electron chi connectivity index (χ4n) is 9.13. The monoisotopic (exact) mass is 795 g/mol. The molecule has 61 heavy (non-hydrogen) atoms. The lowest BCUT2D eigenvalue weighted by atomic mass is 9.95. The van der Waals surface area contributed by atoms with Gasteiger partial charge in [-0.05, 0) is 116 Å². The molecule has 0 fully saturated rings. The van der Waals surface area contributed by atoms with E-state index in [0.717, 1.165) is 44.6 Å². The van der Waals surface area contributed by atoms with Crippen LogP contribution in [0.2, 0.25) is 0 Å². The highest BCUT2D eigenvalue weighted by Crippen LogP contribution is 2.49. The van der Waals surface area contributed by atoms with Crippen LogP contribution in [0.1, 0.15) is 0 Å². The molecule has 0 radical (unpaired) electrons. The third kappa shape index (κ3) is 6.09. The molecule has 0 unspecified atom stereocenters. The van der Waals surface area contributed by atoms with E-state index >= 15 is 0 Å². The van der Waals surface area contributed by atoms with Crippen LogP contribution < -0.4 is 4.90 Å². The summed E-state index contributed by atoms with van der Waals surface area (Å²) in [5, 5.41) is 7.20. The van der Waals surface area contributed by atoms with Crippen LogP contribution in [0.3, 0.4) is 0 Å².